The van der Waals surface area contributed by atoms with E-state index in [1.165, 1.54) is 0 Å². The number of carbonyl (C=O) groups is 1. The molecule has 0 aromatic carbocycles. The second-order valence-corrected chi connectivity index (χ2v) is 4.37. The summed E-state index contributed by atoms with van der Waals surface area (Å²) in [4.78, 5) is 22.3. The number of hydrogen-bond acceptors (Lipinski definition) is 4. The highest BCUT2D eigenvalue weighted by molar-refractivity contribution is 5.92. The molecule has 0 bridgehead atoms. The molecule has 0 spiro atoms. The molecule has 2 rings (SSSR count). The van der Waals surface area contributed by atoms with Crippen molar-refractivity contribution in [3.8, 4) is 0 Å². The summed E-state index contributed by atoms with van der Waals surface area (Å²) in [5.74, 6) is 0.647. The Hall–Kier alpha value is -1.49. The van der Waals surface area contributed by atoms with Gasteiger partial charge < -0.3 is 10.2 Å². The standard InChI is InChI=1S/C12H18N4O/c1-9-14-6-5-11(15-9)12(17)16-7-3-4-10(8-16)13-2/h5-6,10,13H,3-4,7-8H2,1-2H3/t10-/m0/s1. The van der Waals surface area contributed by atoms with Crippen molar-refractivity contribution in [3.63, 3.8) is 0 Å². The predicted molar refractivity (Wildman–Crippen MR) is 64.8 cm³/mol. The smallest absolute Gasteiger partial charge is 0.272 e. The van der Waals surface area contributed by atoms with E-state index >= 15 is 0 Å². The number of nitrogens with zero attached hydrogens (tertiary/aromatic N) is 3. The van der Waals surface area contributed by atoms with Crippen molar-refractivity contribution < 1.29 is 4.79 Å². The average Bonchev–Trinajstić information content (AvgIpc) is 2.38. The summed E-state index contributed by atoms with van der Waals surface area (Å²) in [6.45, 7) is 3.38. The van der Waals surface area contributed by atoms with Crippen molar-refractivity contribution in [1.29, 1.82) is 0 Å². The highest BCUT2D eigenvalue weighted by Crippen LogP contribution is 2.12. The Morgan fingerprint density at radius 3 is 3.12 bits per heavy atom. The third kappa shape index (κ3) is 2.79. The molecule has 1 aliphatic heterocycles. The first-order valence-corrected chi connectivity index (χ1v) is 5.97. The molecule has 5 nitrogen and oxygen atoms in total. The van der Waals surface area contributed by atoms with Crippen LogP contribution >= 0.6 is 0 Å². The van der Waals surface area contributed by atoms with E-state index in [1.807, 2.05) is 11.9 Å². The minimum atomic E-state index is 0.00968. The second-order valence-electron chi connectivity index (χ2n) is 4.37. The molecule has 17 heavy (non-hydrogen) atoms. The van der Waals surface area contributed by atoms with Crippen molar-refractivity contribution in [3.05, 3.63) is 23.8 Å². The van der Waals surface area contributed by atoms with Gasteiger partial charge in [0.1, 0.15) is 11.5 Å². The fourth-order valence-electron chi connectivity index (χ4n) is 2.13. The molecule has 1 saturated heterocycles. The van der Waals surface area contributed by atoms with Gasteiger partial charge in [0.25, 0.3) is 5.91 Å². The van der Waals surface area contributed by atoms with Crippen LogP contribution in [0.3, 0.4) is 0 Å². The number of aryl methyl sites for hydroxylation is 1. The van der Waals surface area contributed by atoms with Crippen LogP contribution in [0.5, 0.6) is 0 Å². The molecule has 1 aromatic heterocycles. The van der Waals surface area contributed by atoms with Gasteiger partial charge in [-0.1, -0.05) is 0 Å². The van der Waals surface area contributed by atoms with Gasteiger partial charge in [0.05, 0.1) is 0 Å². The molecule has 2 heterocycles. The normalized spacial score (nSPS) is 20.4. The zero-order valence-corrected chi connectivity index (χ0v) is 10.3. The predicted octanol–water partition coefficient (Wildman–Crippen LogP) is 0.609. The molecule has 1 aliphatic rings. The van der Waals surface area contributed by atoms with Gasteiger partial charge in [-0.05, 0) is 32.9 Å². The van der Waals surface area contributed by atoms with Crippen molar-refractivity contribution in [1.82, 2.24) is 20.2 Å². The SMILES string of the molecule is CN[C@H]1CCCN(C(=O)c2ccnc(C)n2)C1. The van der Waals surface area contributed by atoms with Crippen molar-refractivity contribution in [2.45, 2.75) is 25.8 Å². The number of amides is 1. The zero-order valence-electron chi connectivity index (χ0n) is 10.3. The molecule has 1 amide bonds. The van der Waals surface area contributed by atoms with Crippen LogP contribution in [0.1, 0.15) is 29.2 Å². The van der Waals surface area contributed by atoms with Crippen LogP contribution in [-0.4, -0.2) is 47.0 Å². The highest BCUT2D eigenvalue weighted by Gasteiger charge is 2.24. The number of hydrogen-bond donors (Lipinski definition) is 1. The van der Waals surface area contributed by atoms with Crippen molar-refractivity contribution >= 4 is 5.91 Å². The number of rotatable bonds is 2. The summed E-state index contributed by atoms with van der Waals surface area (Å²) >= 11 is 0. The molecule has 1 N–H and O–H groups in total. The van der Waals surface area contributed by atoms with Crippen LogP contribution in [-0.2, 0) is 0 Å². The fourth-order valence-corrected chi connectivity index (χ4v) is 2.13. The zero-order chi connectivity index (χ0) is 12.3. The Bertz CT molecular complexity index is 407. The summed E-state index contributed by atoms with van der Waals surface area (Å²) in [5.41, 5.74) is 0.495. The fraction of sp³-hybridized carbons (Fsp3) is 0.583. The Balaban J connectivity index is 2.09. The maximum atomic E-state index is 12.2. The quantitative estimate of drug-likeness (QED) is 0.814. The van der Waals surface area contributed by atoms with E-state index in [1.54, 1.807) is 19.2 Å². The lowest BCUT2D eigenvalue weighted by atomic mass is 10.1. The monoisotopic (exact) mass is 234 g/mol. The maximum absolute atomic E-state index is 12.2. The average molecular weight is 234 g/mol. The highest BCUT2D eigenvalue weighted by atomic mass is 16.2. The lowest BCUT2D eigenvalue weighted by Crippen LogP contribution is -2.47. The third-order valence-electron chi connectivity index (χ3n) is 3.11. The van der Waals surface area contributed by atoms with Crippen LogP contribution < -0.4 is 5.32 Å². The van der Waals surface area contributed by atoms with Gasteiger partial charge in [0.2, 0.25) is 0 Å². The van der Waals surface area contributed by atoms with Gasteiger partial charge in [-0.15, -0.1) is 0 Å². The Morgan fingerprint density at radius 2 is 2.41 bits per heavy atom. The maximum Gasteiger partial charge on any atom is 0.272 e. The molecule has 0 unspecified atom stereocenters. The molecule has 5 heteroatoms. The topological polar surface area (TPSA) is 58.1 Å². The molecular formula is C12H18N4O. The van der Waals surface area contributed by atoms with E-state index in [0.29, 0.717) is 17.6 Å². The summed E-state index contributed by atoms with van der Waals surface area (Å²) in [5, 5.41) is 3.22. The van der Waals surface area contributed by atoms with E-state index in [4.69, 9.17) is 0 Å². The van der Waals surface area contributed by atoms with Crippen LogP contribution in [0.2, 0.25) is 0 Å². The first kappa shape index (κ1) is 12.0. The van der Waals surface area contributed by atoms with Crippen LogP contribution in [0.15, 0.2) is 12.3 Å². The number of likely N-dealkylation sites (N-methyl/N-ethyl adjacent to an activating group) is 1. The Morgan fingerprint density at radius 1 is 1.59 bits per heavy atom. The first-order valence-electron chi connectivity index (χ1n) is 5.97. The summed E-state index contributed by atoms with van der Waals surface area (Å²) in [6, 6.07) is 2.08. The van der Waals surface area contributed by atoms with Crippen LogP contribution in [0, 0.1) is 6.92 Å². The second kappa shape index (κ2) is 5.23. The van der Waals surface area contributed by atoms with E-state index in [9.17, 15) is 4.79 Å². The van der Waals surface area contributed by atoms with Gasteiger partial charge in [0, 0.05) is 25.3 Å². The number of likely N-dealkylation sites (tertiary alicyclic amines) is 1. The Labute approximate surface area is 101 Å². The van der Waals surface area contributed by atoms with Crippen LogP contribution in [0.4, 0.5) is 0 Å². The van der Waals surface area contributed by atoms with Crippen LogP contribution in [0.25, 0.3) is 0 Å². The van der Waals surface area contributed by atoms with Gasteiger partial charge in [-0.25, -0.2) is 9.97 Å². The molecule has 0 aliphatic carbocycles. The summed E-state index contributed by atoms with van der Waals surface area (Å²) in [6.07, 6.45) is 3.81. The van der Waals surface area contributed by atoms with E-state index in [2.05, 4.69) is 15.3 Å². The summed E-state index contributed by atoms with van der Waals surface area (Å²) < 4.78 is 0. The third-order valence-corrected chi connectivity index (χ3v) is 3.11. The number of nitrogens with one attached hydrogen (secondary N) is 1. The van der Waals surface area contributed by atoms with Gasteiger partial charge >= 0.3 is 0 Å². The first-order chi connectivity index (χ1) is 8.20. The van der Waals surface area contributed by atoms with Gasteiger partial charge in [-0.3, -0.25) is 4.79 Å². The molecule has 0 saturated carbocycles. The van der Waals surface area contributed by atoms with Crippen molar-refractivity contribution in [2.75, 3.05) is 20.1 Å². The van der Waals surface area contributed by atoms with Gasteiger partial charge in [-0.2, -0.15) is 0 Å². The summed E-state index contributed by atoms with van der Waals surface area (Å²) in [7, 11) is 1.94. The lowest BCUT2D eigenvalue weighted by Gasteiger charge is -2.32. The Kier molecular flexibility index (Phi) is 3.68. The lowest BCUT2D eigenvalue weighted by molar-refractivity contribution is 0.0691. The molecule has 1 fully saturated rings. The van der Waals surface area contributed by atoms with E-state index < -0.39 is 0 Å². The van der Waals surface area contributed by atoms with E-state index in [0.717, 1.165) is 25.9 Å². The minimum Gasteiger partial charge on any atom is -0.336 e. The molecular weight excluding hydrogens is 216 g/mol. The molecule has 1 atom stereocenters. The number of piperidine rings is 1. The van der Waals surface area contributed by atoms with Gasteiger partial charge in [0.15, 0.2) is 0 Å². The molecule has 0 radical (unpaired) electrons. The molecule has 92 valence electrons. The molecule has 1 aromatic rings. The number of carbonyl (C=O) groups excluding carboxylic acids is 1. The number of aromatic nitrogens is 2. The van der Waals surface area contributed by atoms with Crippen molar-refractivity contribution in [2.24, 2.45) is 0 Å². The van der Waals surface area contributed by atoms with E-state index in [-0.39, 0.29) is 5.91 Å². The largest absolute Gasteiger partial charge is 0.336 e. The minimum absolute atomic E-state index is 0.00968.